The van der Waals surface area contributed by atoms with Gasteiger partial charge in [0.2, 0.25) is 0 Å². The van der Waals surface area contributed by atoms with Crippen LogP contribution in [0.5, 0.6) is 0 Å². The van der Waals surface area contributed by atoms with Crippen LogP contribution in [0.1, 0.15) is 0 Å². The average molecular weight is 284 g/mol. The minimum atomic E-state index is -0.765. The number of aromatic nitrogens is 2. The molecule has 1 aromatic heterocycles. The molecule has 0 aliphatic rings. The summed E-state index contributed by atoms with van der Waals surface area (Å²) in [5.74, 6) is 0. The zero-order valence-electron chi connectivity index (χ0n) is 10.5. The molecule has 3 rings (SSSR count). The molecule has 21 heavy (non-hydrogen) atoms. The van der Waals surface area contributed by atoms with Crippen molar-refractivity contribution in [2.45, 2.75) is 0 Å². The van der Waals surface area contributed by atoms with E-state index in [1.807, 2.05) is 0 Å². The van der Waals surface area contributed by atoms with Crippen LogP contribution < -0.4 is 0 Å². The largest absolute Gasteiger partial charge is 0.357 e. The molecule has 8 nitrogen and oxygen atoms in total. The zero-order valence-corrected chi connectivity index (χ0v) is 10.5. The Labute approximate surface area is 117 Å². The third-order valence-electron chi connectivity index (χ3n) is 3.11. The van der Waals surface area contributed by atoms with Crippen LogP contribution in [-0.4, -0.2) is 20.0 Å². The number of H-pyrrole nitrogens is 1. The van der Waals surface area contributed by atoms with Crippen molar-refractivity contribution in [3.05, 3.63) is 62.7 Å². The fourth-order valence-electron chi connectivity index (χ4n) is 2.22. The van der Waals surface area contributed by atoms with Crippen LogP contribution in [-0.2, 0) is 0 Å². The van der Waals surface area contributed by atoms with Crippen molar-refractivity contribution < 1.29 is 9.85 Å². The van der Waals surface area contributed by atoms with Gasteiger partial charge in [0.15, 0.2) is 0 Å². The predicted molar refractivity (Wildman–Crippen MR) is 74.8 cm³/mol. The van der Waals surface area contributed by atoms with Gasteiger partial charge in [0, 0.05) is 11.6 Å². The highest BCUT2D eigenvalue weighted by Crippen LogP contribution is 2.39. The lowest BCUT2D eigenvalue weighted by atomic mass is 10.1. The van der Waals surface area contributed by atoms with Gasteiger partial charge in [-0.3, -0.25) is 25.3 Å². The highest BCUT2D eigenvalue weighted by Gasteiger charge is 2.30. The van der Waals surface area contributed by atoms with E-state index in [2.05, 4.69) is 10.2 Å². The van der Waals surface area contributed by atoms with E-state index in [-0.39, 0.29) is 5.39 Å². The van der Waals surface area contributed by atoms with Gasteiger partial charge in [-0.1, -0.05) is 30.3 Å². The molecule has 2 aromatic carbocycles. The zero-order chi connectivity index (χ0) is 15.0. The van der Waals surface area contributed by atoms with E-state index < -0.39 is 21.2 Å². The molecule has 0 aliphatic carbocycles. The topological polar surface area (TPSA) is 115 Å². The van der Waals surface area contributed by atoms with Crippen molar-refractivity contribution in [1.29, 1.82) is 0 Å². The van der Waals surface area contributed by atoms with E-state index in [0.29, 0.717) is 16.8 Å². The van der Waals surface area contributed by atoms with Gasteiger partial charge >= 0.3 is 11.4 Å². The molecule has 0 saturated heterocycles. The van der Waals surface area contributed by atoms with Gasteiger partial charge in [-0.25, -0.2) is 0 Å². The summed E-state index contributed by atoms with van der Waals surface area (Å²) in [5, 5.41) is 29.2. The summed E-state index contributed by atoms with van der Waals surface area (Å²) in [4.78, 5) is 20.8. The van der Waals surface area contributed by atoms with Crippen LogP contribution in [0.2, 0.25) is 0 Å². The van der Waals surface area contributed by atoms with Crippen molar-refractivity contribution in [3.8, 4) is 11.3 Å². The maximum Gasteiger partial charge on any atom is 0.357 e. The van der Waals surface area contributed by atoms with Gasteiger partial charge in [-0.2, -0.15) is 5.10 Å². The number of nitrogens with one attached hydrogen (secondary N) is 1. The highest BCUT2D eigenvalue weighted by molar-refractivity contribution is 6.02. The second-order valence-electron chi connectivity index (χ2n) is 4.31. The standard InChI is InChI=1S/C13H8N4O4/c18-16(19)10-7-6-9-11(13(10)17(20)21)12(15-14-9)8-4-2-1-3-5-8/h1-7H,(H,14,15). The first kappa shape index (κ1) is 12.7. The number of hydrogen-bond donors (Lipinski definition) is 1. The fourth-order valence-corrected chi connectivity index (χ4v) is 2.22. The van der Waals surface area contributed by atoms with Crippen LogP contribution in [0.3, 0.4) is 0 Å². The number of rotatable bonds is 3. The number of nitro groups is 2. The molecule has 0 bridgehead atoms. The summed E-state index contributed by atoms with van der Waals surface area (Å²) in [5.41, 5.74) is 0.246. The van der Waals surface area contributed by atoms with Gasteiger partial charge in [0.1, 0.15) is 11.1 Å². The fraction of sp³-hybridized carbons (Fsp3) is 0. The molecular weight excluding hydrogens is 276 g/mol. The molecule has 0 amide bonds. The van der Waals surface area contributed by atoms with E-state index in [1.165, 1.54) is 6.07 Å². The lowest BCUT2D eigenvalue weighted by Crippen LogP contribution is -1.97. The van der Waals surface area contributed by atoms with Crippen molar-refractivity contribution in [2.24, 2.45) is 0 Å². The Balaban J connectivity index is 2.41. The predicted octanol–water partition coefficient (Wildman–Crippen LogP) is 3.05. The third kappa shape index (κ3) is 1.98. The molecule has 0 radical (unpaired) electrons. The lowest BCUT2D eigenvalue weighted by molar-refractivity contribution is -0.421. The summed E-state index contributed by atoms with van der Waals surface area (Å²) in [6.07, 6.45) is 0. The van der Waals surface area contributed by atoms with E-state index in [1.54, 1.807) is 30.3 Å². The van der Waals surface area contributed by atoms with E-state index in [4.69, 9.17) is 0 Å². The molecule has 0 saturated carbocycles. The van der Waals surface area contributed by atoms with Crippen molar-refractivity contribution in [1.82, 2.24) is 10.2 Å². The van der Waals surface area contributed by atoms with Crippen LogP contribution in [0.15, 0.2) is 42.5 Å². The normalized spacial score (nSPS) is 10.7. The number of hydrogen-bond acceptors (Lipinski definition) is 5. The summed E-state index contributed by atoms with van der Waals surface area (Å²) in [7, 11) is 0. The molecule has 104 valence electrons. The van der Waals surface area contributed by atoms with Crippen LogP contribution in [0.25, 0.3) is 22.2 Å². The van der Waals surface area contributed by atoms with Crippen LogP contribution >= 0.6 is 0 Å². The van der Waals surface area contributed by atoms with Crippen molar-refractivity contribution in [3.63, 3.8) is 0 Å². The van der Waals surface area contributed by atoms with E-state index in [0.717, 1.165) is 6.07 Å². The Bertz CT molecular complexity index is 857. The van der Waals surface area contributed by atoms with Gasteiger partial charge in [0.25, 0.3) is 0 Å². The van der Waals surface area contributed by atoms with Gasteiger partial charge < -0.3 is 0 Å². The average Bonchev–Trinajstić information content (AvgIpc) is 2.90. The summed E-state index contributed by atoms with van der Waals surface area (Å²) < 4.78 is 0. The summed E-state index contributed by atoms with van der Waals surface area (Å²) in [6.45, 7) is 0. The molecule has 1 heterocycles. The number of nitro benzene ring substituents is 2. The maximum absolute atomic E-state index is 11.3. The molecule has 1 N–H and O–H groups in total. The molecular formula is C13H8N4O4. The Morgan fingerprint density at radius 1 is 0.952 bits per heavy atom. The Morgan fingerprint density at radius 2 is 1.67 bits per heavy atom. The number of benzene rings is 2. The first-order valence-electron chi connectivity index (χ1n) is 5.95. The molecule has 0 unspecified atom stereocenters. The van der Waals surface area contributed by atoms with E-state index in [9.17, 15) is 20.2 Å². The van der Waals surface area contributed by atoms with Crippen LogP contribution in [0, 0.1) is 20.2 Å². The minimum Gasteiger partial charge on any atom is -0.277 e. The van der Waals surface area contributed by atoms with Crippen molar-refractivity contribution in [2.75, 3.05) is 0 Å². The first-order valence-corrected chi connectivity index (χ1v) is 5.95. The quantitative estimate of drug-likeness (QED) is 0.586. The van der Waals surface area contributed by atoms with Gasteiger partial charge in [-0.05, 0) is 6.07 Å². The Morgan fingerprint density at radius 3 is 2.29 bits per heavy atom. The molecule has 3 aromatic rings. The van der Waals surface area contributed by atoms with Gasteiger partial charge in [-0.15, -0.1) is 0 Å². The molecule has 0 fully saturated rings. The lowest BCUT2D eigenvalue weighted by Gasteiger charge is -1.99. The third-order valence-corrected chi connectivity index (χ3v) is 3.11. The molecule has 0 aliphatic heterocycles. The Hall–Kier alpha value is -3.29. The number of aromatic amines is 1. The summed E-state index contributed by atoms with van der Waals surface area (Å²) >= 11 is 0. The number of nitrogens with zero attached hydrogens (tertiary/aromatic N) is 3. The summed E-state index contributed by atoms with van der Waals surface area (Å²) in [6, 6.07) is 11.3. The molecule has 8 heteroatoms. The van der Waals surface area contributed by atoms with Crippen molar-refractivity contribution >= 4 is 22.3 Å². The first-order chi connectivity index (χ1) is 10.1. The Kier molecular flexibility index (Phi) is 2.83. The van der Waals surface area contributed by atoms with Gasteiger partial charge in [0.05, 0.1) is 15.4 Å². The smallest absolute Gasteiger partial charge is 0.277 e. The SMILES string of the molecule is O=[N+]([O-])c1ccc2[nH]nc(-c3ccccc3)c2c1[N+](=O)[O-]. The second kappa shape index (κ2) is 4.67. The molecule has 0 spiro atoms. The second-order valence-corrected chi connectivity index (χ2v) is 4.31. The van der Waals surface area contributed by atoms with Crippen LogP contribution in [0.4, 0.5) is 11.4 Å². The van der Waals surface area contributed by atoms with E-state index >= 15 is 0 Å². The highest BCUT2D eigenvalue weighted by atomic mass is 16.6. The monoisotopic (exact) mass is 284 g/mol. The molecule has 0 atom stereocenters. The minimum absolute atomic E-state index is 0.139. The maximum atomic E-state index is 11.3. The number of fused-ring (bicyclic) bond motifs is 1.